The molecule has 0 aliphatic carbocycles. The summed E-state index contributed by atoms with van der Waals surface area (Å²) in [5.41, 5.74) is 1.23. The Morgan fingerprint density at radius 3 is 2.10 bits per heavy atom. The Morgan fingerprint density at radius 1 is 0.950 bits per heavy atom. The molecular weight excluding hydrogens is 270 g/mol. The lowest BCUT2D eigenvalue weighted by atomic mass is 9.98. The molecule has 0 amide bonds. The molecule has 1 atom stereocenters. The first-order chi connectivity index (χ1) is 9.59. The van der Waals surface area contributed by atoms with Crippen molar-refractivity contribution in [2.24, 2.45) is 0 Å². The fourth-order valence-corrected chi connectivity index (χ4v) is 3.11. The minimum Gasteiger partial charge on any atom is -0.211 e. The van der Waals surface area contributed by atoms with Gasteiger partial charge in [-0.05, 0) is 30.0 Å². The summed E-state index contributed by atoms with van der Waals surface area (Å²) in [6, 6.07) is 18.6. The van der Waals surface area contributed by atoms with Crippen LogP contribution in [0.1, 0.15) is 24.8 Å². The Morgan fingerprint density at radius 2 is 1.50 bits per heavy atom. The van der Waals surface area contributed by atoms with Crippen LogP contribution in [0.15, 0.2) is 65.6 Å². The third kappa shape index (κ3) is 3.92. The number of sulfonamides is 1. The van der Waals surface area contributed by atoms with Crippen LogP contribution < -0.4 is 4.72 Å². The summed E-state index contributed by atoms with van der Waals surface area (Å²) in [4.78, 5) is 0.312. The lowest BCUT2D eigenvalue weighted by molar-refractivity contribution is 0.572. The van der Waals surface area contributed by atoms with Crippen molar-refractivity contribution in [3.8, 4) is 0 Å². The standard InChI is InChI=1S/C16H19NO2S/c1-14(15-8-4-2-5-9-15)12-13-17-20(18,19)16-10-6-3-7-11-16/h2-11,14,17H,12-13H2,1H3. The lowest BCUT2D eigenvalue weighted by Crippen LogP contribution is -2.25. The van der Waals surface area contributed by atoms with Crippen molar-refractivity contribution in [3.63, 3.8) is 0 Å². The maximum absolute atomic E-state index is 12.0. The number of hydrogen-bond donors (Lipinski definition) is 1. The third-order valence-corrected chi connectivity index (χ3v) is 4.77. The molecule has 0 aliphatic rings. The van der Waals surface area contributed by atoms with Crippen molar-refractivity contribution < 1.29 is 8.42 Å². The van der Waals surface area contributed by atoms with Crippen molar-refractivity contribution in [3.05, 3.63) is 66.2 Å². The van der Waals surface area contributed by atoms with E-state index in [4.69, 9.17) is 0 Å². The molecule has 0 aromatic heterocycles. The molecule has 0 saturated carbocycles. The molecule has 20 heavy (non-hydrogen) atoms. The van der Waals surface area contributed by atoms with Crippen LogP contribution in [0, 0.1) is 0 Å². The number of hydrogen-bond acceptors (Lipinski definition) is 2. The minimum atomic E-state index is -3.39. The molecule has 0 radical (unpaired) electrons. The van der Waals surface area contributed by atoms with Crippen LogP contribution in [-0.4, -0.2) is 15.0 Å². The van der Waals surface area contributed by atoms with Crippen LogP contribution >= 0.6 is 0 Å². The average molecular weight is 289 g/mol. The lowest BCUT2D eigenvalue weighted by Gasteiger charge is -2.12. The van der Waals surface area contributed by atoms with Gasteiger partial charge in [0.2, 0.25) is 10.0 Å². The van der Waals surface area contributed by atoms with E-state index in [1.165, 1.54) is 5.56 Å². The molecule has 0 saturated heterocycles. The van der Waals surface area contributed by atoms with E-state index in [9.17, 15) is 8.42 Å². The van der Waals surface area contributed by atoms with Gasteiger partial charge in [0.25, 0.3) is 0 Å². The number of nitrogens with one attached hydrogen (secondary N) is 1. The summed E-state index contributed by atoms with van der Waals surface area (Å²) in [6.07, 6.45) is 0.774. The molecule has 0 fully saturated rings. The molecule has 106 valence electrons. The second kappa shape index (κ2) is 6.68. The van der Waals surface area contributed by atoms with Gasteiger partial charge in [0.15, 0.2) is 0 Å². The zero-order chi connectivity index (χ0) is 14.4. The van der Waals surface area contributed by atoms with Crippen LogP contribution in [0.5, 0.6) is 0 Å². The third-order valence-electron chi connectivity index (χ3n) is 3.29. The van der Waals surface area contributed by atoms with E-state index in [-0.39, 0.29) is 0 Å². The van der Waals surface area contributed by atoms with Crippen LogP contribution in [0.25, 0.3) is 0 Å². The molecule has 1 N–H and O–H groups in total. The molecule has 0 aliphatic heterocycles. The molecule has 4 heteroatoms. The first-order valence-corrected chi connectivity index (χ1v) is 8.17. The predicted molar refractivity (Wildman–Crippen MR) is 81.1 cm³/mol. The highest BCUT2D eigenvalue weighted by molar-refractivity contribution is 7.89. The number of benzene rings is 2. The Balaban J connectivity index is 1.90. The topological polar surface area (TPSA) is 46.2 Å². The monoisotopic (exact) mass is 289 g/mol. The second-order valence-electron chi connectivity index (χ2n) is 4.81. The van der Waals surface area contributed by atoms with Gasteiger partial charge < -0.3 is 0 Å². The fourth-order valence-electron chi connectivity index (χ4n) is 2.04. The van der Waals surface area contributed by atoms with Gasteiger partial charge in [-0.25, -0.2) is 13.1 Å². The van der Waals surface area contributed by atoms with Crippen molar-refractivity contribution >= 4 is 10.0 Å². The van der Waals surface area contributed by atoms with Crippen LogP contribution in [0.2, 0.25) is 0 Å². The molecule has 3 nitrogen and oxygen atoms in total. The Bertz CT molecular complexity index is 624. The average Bonchev–Trinajstić information content (AvgIpc) is 2.49. The zero-order valence-electron chi connectivity index (χ0n) is 11.5. The van der Waals surface area contributed by atoms with Crippen molar-refractivity contribution in [1.29, 1.82) is 0 Å². The Labute approximate surface area is 120 Å². The minimum absolute atomic E-state index is 0.312. The van der Waals surface area contributed by atoms with Crippen LogP contribution in [0.3, 0.4) is 0 Å². The second-order valence-corrected chi connectivity index (χ2v) is 6.58. The van der Waals surface area contributed by atoms with Crippen LogP contribution in [0.4, 0.5) is 0 Å². The highest BCUT2D eigenvalue weighted by Gasteiger charge is 2.13. The molecular formula is C16H19NO2S. The predicted octanol–water partition coefficient (Wildman–Crippen LogP) is 3.16. The van der Waals surface area contributed by atoms with E-state index in [2.05, 4.69) is 23.8 Å². The fraction of sp³-hybridized carbons (Fsp3) is 0.250. The van der Waals surface area contributed by atoms with E-state index in [1.54, 1.807) is 30.3 Å². The maximum atomic E-state index is 12.0. The normalized spacial score (nSPS) is 13.1. The molecule has 2 aromatic rings. The SMILES string of the molecule is CC(CCNS(=O)(=O)c1ccccc1)c1ccccc1. The van der Waals surface area contributed by atoms with Crippen molar-refractivity contribution in [2.75, 3.05) is 6.54 Å². The van der Waals surface area contributed by atoms with Gasteiger partial charge >= 0.3 is 0 Å². The molecule has 0 spiro atoms. The van der Waals surface area contributed by atoms with Gasteiger partial charge in [-0.3, -0.25) is 0 Å². The van der Waals surface area contributed by atoms with E-state index < -0.39 is 10.0 Å². The van der Waals surface area contributed by atoms with Gasteiger partial charge in [-0.15, -0.1) is 0 Å². The molecule has 2 rings (SSSR count). The summed E-state index contributed by atoms with van der Waals surface area (Å²) < 4.78 is 26.7. The van der Waals surface area contributed by atoms with E-state index in [1.807, 2.05) is 18.2 Å². The van der Waals surface area contributed by atoms with E-state index in [0.717, 1.165) is 6.42 Å². The van der Waals surface area contributed by atoms with E-state index >= 15 is 0 Å². The van der Waals surface area contributed by atoms with Crippen LogP contribution in [-0.2, 0) is 10.0 Å². The Kier molecular flexibility index (Phi) is 4.93. The summed E-state index contributed by atoms with van der Waals surface area (Å²) in [7, 11) is -3.39. The molecule has 2 aromatic carbocycles. The first kappa shape index (κ1) is 14.8. The quantitative estimate of drug-likeness (QED) is 0.888. The molecule has 0 bridgehead atoms. The van der Waals surface area contributed by atoms with Gasteiger partial charge in [0.05, 0.1) is 4.90 Å². The largest absolute Gasteiger partial charge is 0.240 e. The summed E-state index contributed by atoms with van der Waals surface area (Å²) in [6.45, 7) is 2.54. The highest BCUT2D eigenvalue weighted by Crippen LogP contribution is 2.18. The number of rotatable bonds is 6. The van der Waals surface area contributed by atoms with Gasteiger partial charge in [0.1, 0.15) is 0 Å². The van der Waals surface area contributed by atoms with Gasteiger partial charge in [-0.2, -0.15) is 0 Å². The summed E-state index contributed by atoms with van der Waals surface area (Å²) in [5.74, 6) is 0.328. The maximum Gasteiger partial charge on any atom is 0.240 e. The Hall–Kier alpha value is -1.65. The van der Waals surface area contributed by atoms with Crippen molar-refractivity contribution in [2.45, 2.75) is 24.2 Å². The smallest absolute Gasteiger partial charge is 0.211 e. The van der Waals surface area contributed by atoms with Gasteiger partial charge in [-0.1, -0.05) is 55.5 Å². The summed E-state index contributed by atoms with van der Waals surface area (Å²) >= 11 is 0. The summed E-state index contributed by atoms with van der Waals surface area (Å²) in [5, 5.41) is 0. The van der Waals surface area contributed by atoms with Gasteiger partial charge in [0, 0.05) is 6.54 Å². The first-order valence-electron chi connectivity index (χ1n) is 6.69. The molecule has 1 unspecified atom stereocenters. The molecule has 0 heterocycles. The van der Waals surface area contributed by atoms with E-state index in [0.29, 0.717) is 17.4 Å². The highest BCUT2D eigenvalue weighted by atomic mass is 32.2. The van der Waals surface area contributed by atoms with Crippen molar-refractivity contribution in [1.82, 2.24) is 4.72 Å². The zero-order valence-corrected chi connectivity index (χ0v) is 12.3.